The van der Waals surface area contributed by atoms with Gasteiger partial charge in [0.1, 0.15) is 6.61 Å². The Labute approximate surface area is 79.3 Å². The molecule has 0 saturated carbocycles. The van der Waals surface area contributed by atoms with E-state index >= 15 is 0 Å². The van der Waals surface area contributed by atoms with Gasteiger partial charge in [-0.3, -0.25) is 4.98 Å². The molecule has 2 rings (SSSR count). The summed E-state index contributed by atoms with van der Waals surface area (Å²) in [5.41, 5.74) is 1.00. The van der Waals surface area contributed by atoms with Gasteiger partial charge in [0, 0.05) is 6.20 Å². The zero-order valence-corrected chi connectivity index (χ0v) is 8.26. The van der Waals surface area contributed by atoms with Gasteiger partial charge in [-0.25, -0.2) is 0 Å². The lowest BCUT2D eigenvalue weighted by atomic mass is 10.2. The van der Waals surface area contributed by atoms with Gasteiger partial charge in [-0.05, 0) is 22.9 Å². The van der Waals surface area contributed by atoms with Crippen molar-refractivity contribution in [2.24, 2.45) is 0 Å². The topological polar surface area (TPSA) is 34.1 Å². The molecular weight excluding hydrogens is 220 g/mol. The van der Waals surface area contributed by atoms with Crippen LogP contribution in [0.3, 0.4) is 0 Å². The van der Waals surface area contributed by atoms with Crippen molar-refractivity contribution in [1.82, 2.24) is 4.98 Å². The van der Waals surface area contributed by atoms with E-state index in [4.69, 9.17) is 4.74 Å². The molecule has 0 spiro atoms. The minimum absolute atomic E-state index is 0.358. The van der Waals surface area contributed by atoms with Crippen molar-refractivity contribution in [3.63, 3.8) is 0 Å². The highest BCUT2D eigenvalue weighted by atomic mass is 79.9. The van der Waals surface area contributed by atoms with Gasteiger partial charge in [0.25, 0.3) is 0 Å². The van der Waals surface area contributed by atoms with Crippen molar-refractivity contribution < 1.29 is 4.74 Å². The summed E-state index contributed by atoms with van der Waals surface area (Å²) < 4.78 is 6.41. The molecule has 0 bridgehead atoms. The maximum Gasteiger partial charge on any atom is 0.161 e. The van der Waals surface area contributed by atoms with Gasteiger partial charge in [0.05, 0.1) is 22.4 Å². The van der Waals surface area contributed by atoms with Crippen LogP contribution in [0.1, 0.15) is 6.92 Å². The predicted octanol–water partition coefficient (Wildman–Crippen LogP) is 2.04. The fraction of sp³-hybridized carbons (Fsp3) is 0.375. The molecule has 1 aliphatic heterocycles. The van der Waals surface area contributed by atoms with E-state index in [9.17, 15) is 0 Å². The number of ether oxygens (including phenoxy) is 1. The van der Waals surface area contributed by atoms with Gasteiger partial charge in [-0.1, -0.05) is 0 Å². The zero-order valence-electron chi connectivity index (χ0n) is 6.67. The second-order valence-corrected chi connectivity index (χ2v) is 3.71. The molecular formula is C8H9BrN2O. The first-order valence-corrected chi connectivity index (χ1v) is 4.59. The summed E-state index contributed by atoms with van der Waals surface area (Å²) in [5.74, 6) is 0.822. The summed E-state index contributed by atoms with van der Waals surface area (Å²) >= 11 is 3.40. The third-order valence-electron chi connectivity index (χ3n) is 1.74. The number of anilines is 1. The van der Waals surface area contributed by atoms with Crippen molar-refractivity contribution in [1.29, 1.82) is 0 Å². The maximum absolute atomic E-state index is 5.46. The van der Waals surface area contributed by atoms with Crippen LogP contribution in [0.4, 0.5) is 5.69 Å². The lowest BCUT2D eigenvalue weighted by molar-refractivity contribution is 0.290. The number of pyridine rings is 1. The second kappa shape index (κ2) is 2.94. The van der Waals surface area contributed by atoms with E-state index in [0.717, 1.165) is 15.9 Å². The van der Waals surface area contributed by atoms with Crippen molar-refractivity contribution in [2.45, 2.75) is 13.0 Å². The number of aromatic nitrogens is 1. The van der Waals surface area contributed by atoms with Gasteiger partial charge < -0.3 is 10.1 Å². The van der Waals surface area contributed by atoms with Crippen LogP contribution in [-0.4, -0.2) is 17.6 Å². The third-order valence-corrected chi connectivity index (χ3v) is 2.35. The van der Waals surface area contributed by atoms with Gasteiger partial charge in [-0.15, -0.1) is 0 Å². The SMILES string of the molecule is CC1COc2cncc(Br)c2N1. The van der Waals surface area contributed by atoms with Crippen molar-refractivity contribution in [3.8, 4) is 5.75 Å². The Morgan fingerprint density at radius 3 is 3.33 bits per heavy atom. The van der Waals surface area contributed by atoms with E-state index in [-0.39, 0.29) is 0 Å². The summed E-state index contributed by atoms with van der Waals surface area (Å²) in [5, 5.41) is 3.32. The fourth-order valence-corrected chi connectivity index (χ4v) is 1.60. The first-order valence-electron chi connectivity index (χ1n) is 3.80. The Balaban J connectivity index is 2.43. The number of halogens is 1. The van der Waals surface area contributed by atoms with Crippen LogP contribution in [0.5, 0.6) is 5.75 Å². The molecule has 3 nitrogen and oxygen atoms in total. The molecule has 12 heavy (non-hydrogen) atoms. The molecule has 0 aromatic carbocycles. The quantitative estimate of drug-likeness (QED) is 0.739. The minimum atomic E-state index is 0.358. The highest BCUT2D eigenvalue weighted by Crippen LogP contribution is 2.34. The van der Waals surface area contributed by atoms with E-state index in [1.165, 1.54) is 0 Å². The van der Waals surface area contributed by atoms with Gasteiger partial charge >= 0.3 is 0 Å². The number of hydrogen-bond acceptors (Lipinski definition) is 3. The largest absolute Gasteiger partial charge is 0.488 e. The summed E-state index contributed by atoms with van der Waals surface area (Å²) in [6, 6.07) is 0.358. The predicted molar refractivity (Wildman–Crippen MR) is 50.5 cm³/mol. The number of nitrogens with zero attached hydrogens (tertiary/aromatic N) is 1. The van der Waals surface area contributed by atoms with E-state index in [1.807, 2.05) is 0 Å². The van der Waals surface area contributed by atoms with Gasteiger partial charge in [0.2, 0.25) is 0 Å². The Morgan fingerprint density at radius 1 is 1.67 bits per heavy atom. The van der Waals surface area contributed by atoms with Gasteiger partial charge in [-0.2, -0.15) is 0 Å². The average Bonchev–Trinajstić information content (AvgIpc) is 2.07. The molecule has 4 heteroatoms. The Hall–Kier alpha value is -0.770. The van der Waals surface area contributed by atoms with Crippen molar-refractivity contribution in [2.75, 3.05) is 11.9 Å². The molecule has 0 saturated heterocycles. The number of hydrogen-bond donors (Lipinski definition) is 1. The van der Waals surface area contributed by atoms with Crippen molar-refractivity contribution >= 4 is 21.6 Å². The molecule has 1 atom stereocenters. The molecule has 2 heterocycles. The fourth-order valence-electron chi connectivity index (χ4n) is 1.17. The highest BCUT2D eigenvalue weighted by molar-refractivity contribution is 9.10. The summed E-state index contributed by atoms with van der Waals surface area (Å²) in [7, 11) is 0. The van der Waals surface area contributed by atoms with Crippen molar-refractivity contribution in [3.05, 3.63) is 16.9 Å². The molecule has 0 aliphatic carbocycles. The van der Waals surface area contributed by atoms with E-state index in [1.54, 1.807) is 12.4 Å². The second-order valence-electron chi connectivity index (χ2n) is 2.85. The zero-order chi connectivity index (χ0) is 8.55. The summed E-state index contributed by atoms with van der Waals surface area (Å²) in [6.45, 7) is 2.78. The molecule has 0 fully saturated rings. The smallest absolute Gasteiger partial charge is 0.161 e. The van der Waals surface area contributed by atoms with Crippen LogP contribution in [0.25, 0.3) is 0 Å². The standard InChI is InChI=1S/C8H9BrN2O/c1-5-4-12-7-3-10-2-6(9)8(7)11-5/h2-3,5,11H,4H2,1H3. The van der Waals surface area contributed by atoms with Crippen LogP contribution in [-0.2, 0) is 0 Å². The number of nitrogens with one attached hydrogen (secondary N) is 1. The lowest BCUT2D eigenvalue weighted by Gasteiger charge is -2.24. The molecule has 1 aliphatic rings. The normalized spacial score (nSPS) is 20.7. The molecule has 64 valence electrons. The first kappa shape index (κ1) is 7.86. The number of fused-ring (bicyclic) bond motifs is 1. The summed E-state index contributed by atoms with van der Waals surface area (Å²) in [6.07, 6.45) is 3.48. The third kappa shape index (κ3) is 1.27. The molecule has 0 radical (unpaired) electrons. The van der Waals surface area contributed by atoms with Crippen LogP contribution in [0.2, 0.25) is 0 Å². The van der Waals surface area contributed by atoms with Crippen LogP contribution in [0, 0.1) is 0 Å². The highest BCUT2D eigenvalue weighted by Gasteiger charge is 2.17. The van der Waals surface area contributed by atoms with Crippen LogP contribution in [0.15, 0.2) is 16.9 Å². The monoisotopic (exact) mass is 228 g/mol. The molecule has 1 unspecified atom stereocenters. The Morgan fingerprint density at radius 2 is 2.50 bits per heavy atom. The first-order chi connectivity index (χ1) is 5.77. The summed E-state index contributed by atoms with van der Waals surface area (Å²) in [4.78, 5) is 4.01. The van der Waals surface area contributed by atoms with E-state index in [2.05, 4.69) is 33.2 Å². The Bertz CT molecular complexity index is 303. The molecule has 0 amide bonds. The van der Waals surface area contributed by atoms with E-state index in [0.29, 0.717) is 12.6 Å². The maximum atomic E-state index is 5.46. The van der Waals surface area contributed by atoms with Gasteiger partial charge in [0.15, 0.2) is 5.75 Å². The average molecular weight is 229 g/mol. The molecule has 1 aromatic heterocycles. The Kier molecular flexibility index (Phi) is 1.92. The van der Waals surface area contributed by atoms with Crippen LogP contribution >= 0.6 is 15.9 Å². The van der Waals surface area contributed by atoms with E-state index < -0.39 is 0 Å². The number of rotatable bonds is 0. The van der Waals surface area contributed by atoms with Crippen LogP contribution < -0.4 is 10.1 Å². The minimum Gasteiger partial charge on any atom is -0.488 e. The lowest BCUT2D eigenvalue weighted by Crippen LogP contribution is -2.28. The molecule has 1 aromatic rings. The molecule has 1 N–H and O–H groups in total.